The molecule has 1 heterocycles. The number of amides is 1. The number of carbonyl (C=O) groups is 1. The first-order chi connectivity index (χ1) is 10.2. The molecule has 0 saturated carbocycles. The van der Waals surface area contributed by atoms with Crippen LogP contribution in [-0.4, -0.2) is 24.0 Å². The minimum atomic E-state index is -0.119. The molecule has 0 bridgehead atoms. The Bertz CT molecular complexity index is 510. The molecule has 0 unspecified atom stereocenters. The quantitative estimate of drug-likeness (QED) is 0.676. The fourth-order valence-electron chi connectivity index (χ4n) is 2.35. The van der Waals surface area contributed by atoms with E-state index in [-0.39, 0.29) is 5.91 Å². The number of hydrogen-bond acceptors (Lipinski definition) is 5. The van der Waals surface area contributed by atoms with Crippen LogP contribution in [0.4, 0.5) is 10.9 Å². The van der Waals surface area contributed by atoms with Crippen molar-refractivity contribution < 1.29 is 4.79 Å². The third-order valence-corrected chi connectivity index (χ3v) is 4.53. The molecule has 116 valence electrons. The number of hydrogen-bond donors (Lipinski definition) is 3. The Hall–Kier alpha value is -1.56. The van der Waals surface area contributed by atoms with Crippen molar-refractivity contribution in [1.82, 2.24) is 10.3 Å². The molecule has 1 amide bonds. The smallest absolute Gasteiger partial charge is 0.265 e. The Morgan fingerprint density at radius 2 is 2.29 bits per heavy atom. The molecule has 0 aliphatic heterocycles. The summed E-state index contributed by atoms with van der Waals surface area (Å²) < 4.78 is 0. The Balaban J connectivity index is 1.82. The highest BCUT2D eigenvalue weighted by Gasteiger charge is 2.15. The van der Waals surface area contributed by atoms with E-state index >= 15 is 0 Å². The van der Waals surface area contributed by atoms with E-state index in [9.17, 15) is 4.79 Å². The lowest BCUT2D eigenvalue weighted by atomic mass is 9.97. The van der Waals surface area contributed by atoms with Crippen LogP contribution < -0.4 is 16.4 Å². The molecule has 1 aromatic rings. The molecule has 1 aliphatic rings. The lowest BCUT2D eigenvalue weighted by Gasteiger charge is -2.12. The van der Waals surface area contributed by atoms with Crippen LogP contribution in [-0.2, 0) is 0 Å². The number of aromatic nitrogens is 1. The van der Waals surface area contributed by atoms with Gasteiger partial charge in [0.1, 0.15) is 10.7 Å². The average molecular weight is 308 g/mol. The molecule has 0 aromatic carbocycles. The molecule has 0 radical (unpaired) electrons. The first-order valence-corrected chi connectivity index (χ1v) is 8.48. The van der Waals surface area contributed by atoms with Crippen molar-refractivity contribution in [1.29, 1.82) is 0 Å². The topological polar surface area (TPSA) is 80.0 Å². The van der Waals surface area contributed by atoms with Crippen LogP contribution in [0.25, 0.3) is 0 Å². The van der Waals surface area contributed by atoms with E-state index in [0.29, 0.717) is 17.2 Å². The summed E-state index contributed by atoms with van der Waals surface area (Å²) in [5, 5.41) is 6.81. The highest BCUT2D eigenvalue weighted by molar-refractivity contribution is 7.18. The Kier molecular flexibility index (Phi) is 6.04. The number of thiazole rings is 1. The minimum absolute atomic E-state index is 0.119. The summed E-state index contributed by atoms with van der Waals surface area (Å²) >= 11 is 1.32. The van der Waals surface area contributed by atoms with Gasteiger partial charge in [-0.15, -0.1) is 0 Å². The number of carbonyl (C=O) groups excluding carboxylic acids is 1. The van der Waals surface area contributed by atoms with Gasteiger partial charge in [0.2, 0.25) is 0 Å². The van der Waals surface area contributed by atoms with Crippen molar-refractivity contribution >= 4 is 28.2 Å². The highest BCUT2D eigenvalue weighted by Crippen LogP contribution is 2.25. The summed E-state index contributed by atoms with van der Waals surface area (Å²) in [5.41, 5.74) is 7.28. The van der Waals surface area contributed by atoms with Crippen LogP contribution >= 0.6 is 11.3 Å². The van der Waals surface area contributed by atoms with Gasteiger partial charge in [-0.2, -0.15) is 0 Å². The Morgan fingerprint density at radius 1 is 1.43 bits per heavy atom. The summed E-state index contributed by atoms with van der Waals surface area (Å²) in [6.07, 6.45) is 9.17. The molecule has 2 rings (SSSR count). The van der Waals surface area contributed by atoms with E-state index in [1.165, 1.54) is 42.6 Å². The zero-order valence-electron chi connectivity index (χ0n) is 12.6. The van der Waals surface area contributed by atoms with Gasteiger partial charge in [-0.1, -0.05) is 29.9 Å². The maximum atomic E-state index is 12.1. The summed E-state index contributed by atoms with van der Waals surface area (Å²) in [6, 6.07) is 0. The van der Waals surface area contributed by atoms with Gasteiger partial charge < -0.3 is 16.4 Å². The monoisotopic (exact) mass is 308 g/mol. The number of nitrogens with zero attached hydrogens (tertiary/aromatic N) is 1. The molecular formula is C15H24N4OS. The SMILES string of the molecule is CCCNc1nc(N)c(C(=O)NCCC2=CCCCC2)s1. The minimum Gasteiger partial charge on any atom is -0.382 e. The van der Waals surface area contributed by atoms with Gasteiger partial charge in [0.05, 0.1) is 0 Å². The largest absolute Gasteiger partial charge is 0.382 e. The van der Waals surface area contributed by atoms with Crippen LogP contribution in [0.5, 0.6) is 0 Å². The average Bonchev–Trinajstić information content (AvgIpc) is 2.87. The maximum Gasteiger partial charge on any atom is 0.265 e. The van der Waals surface area contributed by atoms with Gasteiger partial charge in [-0.3, -0.25) is 4.79 Å². The van der Waals surface area contributed by atoms with E-state index < -0.39 is 0 Å². The molecule has 1 aliphatic carbocycles. The molecule has 4 N–H and O–H groups in total. The first kappa shape index (κ1) is 15.8. The molecule has 1 aromatic heterocycles. The number of nitrogen functional groups attached to an aromatic ring is 1. The van der Waals surface area contributed by atoms with E-state index in [1.54, 1.807) is 0 Å². The van der Waals surface area contributed by atoms with Crippen LogP contribution in [0, 0.1) is 0 Å². The third-order valence-electron chi connectivity index (χ3n) is 3.50. The zero-order valence-corrected chi connectivity index (χ0v) is 13.4. The second kappa shape index (κ2) is 8.02. The van der Waals surface area contributed by atoms with E-state index in [4.69, 9.17) is 5.73 Å². The summed E-state index contributed by atoms with van der Waals surface area (Å²) in [5.74, 6) is 0.193. The lowest BCUT2D eigenvalue weighted by Crippen LogP contribution is -2.24. The Labute approximate surface area is 130 Å². The number of rotatable bonds is 7. The second-order valence-corrected chi connectivity index (χ2v) is 6.27. The van der Waals surface area contributed by atoms with Crippen molar-refractivity contribution in [3.63, 3.8) is 0 Å². The molecule has 0 saturated heterocycles. The molecular weight excluding hydrogens is 284 g/mol. The van der Waals surface area contributed by atoms with Gasteiger partial charge in [-0.05, 0) is 38.5 Å². The number of nitrogens with one attached hydrogen (secondary N) is 2. The van der Waals surface area contributed by atoms with Crippen molar-refractivity contribution in [2.75, 3.05) is 24.1 Å². The zero-order chi connectivity index (χ0) is 15.1. The van der Waals surface area contributed by atoms with E-state index in [2.05, 4.69) is 28.6 Å². The molecule has 0 atom stereocenters. The predicted octanol–water partition coefficient (Wildman–Crippen LogP) is 3.17. The van der Waals surface area contributed by atoms with Gasteiger partial charge in [0.15, 0.2) is 5.13 Å². The molecule has 21 heavy (non-hydrogen) atoms. The predicted molar refractivity (Wildman–Crippen MR) is 88.8 cm³/mol. The van der Waals surface area contributed by atoms with Crippen molar-refractivity contribution in [2.24, 2.45) is 0 Å². The van der Waals surface area contributed by atoms with Gasteiger partial charge >= 0.3 is 0 Å². The normalized spacial score (nSPS) is 14.6. The third kappa shape index (κ3) is 4.74. The van der Waals surface area contributed by atoms with Gasteiger partial charge in [0.25, 0.3) is 5.91 Å². The van der Waals surface area contributed by atoms with E-state index in [0.717, 1.165) is 24.5 Å². The molecule has 6 heteroatoms. The summed E-state index contributed by atoms with van der Waals surface area (Å²) in [4.78, 5) is 16.8. The fraction of sp³-hybridized carbons (Fsp3) is 0.600. The molecule has 0 fully saturated rings. The van der Waals surface area contributed by atoms with Gasteiger partial charge in [0, 0.05) is 13.1 Å². The highest BCUT2D eigenvalue weighted by atomic mass is 32.1. The van der Waals surface area contributed by atoms with Crippen molar-refractivity contribution in [3.8, 4) is 0 Å². The van der Waals surface area contributed by atoms with Crippen molar-refractivity contribution in [2.45, 2.75) is 45.4 Å². The Morgan fingerprint density at radius 3 is 3.00 bits per heavy atom. The molecule has 0 spiro atoms. The summed E-state index contributed by atoms with van der Waals surface area (Å²) in [7, 11) is 0. The van der Waals surface area contributed by atoms with Crippen molar-refractivity contribution in [3.05, 3.63) is 16.5 Å². The first-order valence-electron chi connectivity index (χ1n) is 7.67. The van der Waals surface area contributed by atoms with E-state index in [1.807, 2.05) is 0 Å². The van der Waals surface area contributed by atoms with Crippen LogP contribution in [0.1, 0.15) is 55.1 Å². The number of nitrogens with two attached hydrogens (primary N) is 1. The fourth-order valence-corrected chi connectivity index (χ4v) is 3.18. The molecule has 5 nitrogen and oxygen atoms in total. The van der Waals surface area contributed by atoms with Gasteiger partial charge in [-0.25, -0.2) is 4.98 Å². The lowest BCUT2D eigenvalue weighted by molar-refractivity contribution is 0.0958. The summed E-state index contributed by atoms with van der Waals surface area (Å²) in [6.45, 7) is 3.58. The second-order valence-electron chi connectivity index (χ2n) is 5.27. The number of anilines is 2. The standard InChI is InChI=1S/C15H24N4OS/c1-2-9-18-15-19-13(16)12(21-15)14(20)17-10-8-11-6-4-3-5-7-11/h6H,2-5,7-10,16H2,1H3,(H,17,20)(H,18,19). The van der Waals surface area contributed by atoms with Crippen LogP contribution in [0.15, 0.2) is 11.6 Å². The van der Waals surface area contributed by atoms with Crippen LogP contribution in [0.2, 0.25) is 0 Å². The van der Waals surface area contributed by atoms with Crippen LogP contribution in [0.3, 0.4) is 0 Å². The number of allylic oxidation sites excluding steroid dienone is 1. The maximum absolute atomic E-state index is 12.1.